The molecule has 0 heterocycles. The summed E-state index contributed by atoms with van der Waals surface area (Å²) in [5.41, 5.74) is 1.02. The van der Waals surface area contributed by atoms with E-state index in [1.54, 1.807) is 24.3 Å². The van der Waals surface area contributed by atoms with Gasteiger partial charge in [-0.3, -0.25) is 9.59 Å². The quantitative estimate of drug-likeness (QED) is 0.531. The zero-order chi connectivity index (χ0) is 17.3. The summed E-state index contributed by atoms with van der Waals surface area (Å²) in [6, 6.07) is 6.98. The number of carbonyl (C=O) groups excluding carboxylic acids is 2. The number of para-hydroxylation sites is 1. The van der Waals surface area contributed by atoms with Crippen molar-refractivity contribution in [3.63, 3.8) is 0 Å². The molecule has 0 unspecified atom stereocenters. The third-order valence-electron chi connectivity index (χ3n) is 3.80. The molecule has 0 aliphatic rings. The van der Waals surface area contributed by atoms with Crippen LogP contribution in [-0.2, 0) is 4.79 Å². The first-order valence-electron chi connectivity index (χ1n) is 8.20. The third kappa shape index (κ3) is 6.68. The van der Waals surface area contributed by atoms with Gasteiger partial charge in [-0.15, -0.1) is 0 Å². The average Bonchev–Trinajstić information content (AvgIpc) is 2.53. The van der Waals surface area contributed by atoms with Gasteiger partial charge in [0.25, 0.3) is 5.91 Å². The summed E-state index contributed by atoms with van der Waals surface area (Å²) in [6.07, 6.45) is 5.85. The smallest absolute Gasteiger partial charge is 0.253 e. The number of amides is 2. The number of unbranched alkanes of at least 4 members (excludes halogenated alkanes) is 2. The molecule has 2 amide bonds. The van der Waals surface area contributed by atoms with Gasteiger partial charge in [-0.1, -0.05) is 58.7 Å². The second-order valence-corrected chi connectivity index (χ2v) is 6.54. The largest absolute Gasteiger partial charge is 0.351 e. The maximum Gasteiger partial charge on any atom is 0.253 e. The van der Waals surface area contributed by atoms with E-state index in [-0.39, 0.29) is 17.2 Å². The van der Waals surface area contributed by atoms with Crippen molar-refractivity contribution in [1.29, 1.82) is 0 Å². The van der Waals surface area contributed by atoms with E-state index in [0.717, 1.165) is 6.42 Å². The summed E-state index contributed by atoms with van der Waals surface area (Å²) >= 11 is 0. The minimum absolute atomic E-state index is 0.0597. The second kappa shape index (κ2) is 9.13. The molecule has 23 heavy (non-hydrogen) atoms. The van der Waals surface area contributed by atoms with Crippen LogP contribution in [0.5, 0.6) is 0 Å². The fraction of sp³-hybridized carbons (Fsp3) is 0.474. The highest BCUT2D eigenvalue weighted by molar-refractivity contribution is 6.06. The van der Waals surface area contributed by atoms with Crippen molar-refractivity contribution in [2.24, 2.45) is 5.41 Å². The number of hydrogen-bond donors (Lipinski definition) is 2. The Bertz CT molecular complexity index is 550. The lowest BCUT2D eigenvalue weighted by Gasteiger charge is -2.25. The molecule has 0 radical (unpaired) electrons. The maximum atomic E-state index is 12.4. The molecular formula is C19H28N2O2. The topological polar surface area (TPSA) is 58.2 Å². The Labute approximate surface area is 139 Å². The zero-order valence-electron chi connectivity index (χ0n) is 14.4. The van der Waals surface area contributed by atoms with E-state index in [9.17, 15) is 9.59 Å². The fourth-order valence-corrected chi connectivity index (χ4v) is 2.33. The number of benzene rings is 1. The van der Waals surface area contributed by atoms with E-state index >= 15 is 0 Å². The Morgan fingerprint density at radius 3 is 2.57 bits per heavy atom. The van der Waals surface area contributed by atoms with Gasteiger partial charge >= 0.3 is 0 Å². The van der Waals surface area contributed by atoms with E-state index < -0.39 is 0 Å². The second-order valence-electron chi connectivity index (χ2n) is 6.54. The monoisotopic (exact) mass is 316 g/mol. The Morgan fingerprint density at radius 1 is 1.22 bits per heavy atom. The molecule has 0 aliphatic carbocycles. The molecule has 0 aliphatic heterocycles. The first-order valence-corrected chi connectivity index (χ1v) is 8.20. The number of hydrogen-bond acceptors (Lipinski definition) is 2. The molecular weight excluding hydrogens is 288 g/mol. The van der Waals surface area contributed by atoms with Crippen LogP contribution in [0.25, 0.3) is 0 Å². The van der Waals surface area contributed by atoms with E-state index in [1.807, 2.05) is 0 Å². The molecule has 1 rings (SSSR count). The van der Waals surface area contributed by atoms with Gasteiger partial charge in [0.1, 0.15) is 0 Å². The van der Waals surface area contributed by atoms with Crippen molar-refractivity contribution < 1.29 is 9.59 Å². The van der Waals surface area contributed by atoms with Crippen molar-refractivity contribution in [1.82, 2.24) is 5.32 Å². The van der Waals surface area contributed by atoms with Gasteiger partial charge in [-0.2, -0.15) is 0 Å². The van der Waals surface area contributed by atoms with Crippen LogP contribution in [-0.4, -0.2) is 18.4 Å². The van der Waals surface area contributed by atoms with Gasteiger partial charge in [0.2, 0.25) is 5.91 Å². The summed E-state index contributed by atoms with van der Waals surface area (Å²) < 4.78 is 0. The van der Waals surface area contributed by atoms with Crippen molar-refractivity contribution in [2.45, 2.75) is 46.5 Å². The predicted octanol–water partition coefficient (Wildman–Crippen LogP) is 4.15. The number of nitrogens with one attached hydrogen (secondary N) is 2. The van der Waals surface area contributed by atoms with Gasteiger partial charge < -0.3 is 10.6 Å². The van der Waals surface area contributed by atoms with Crippen molar-refractivity contribution in [3.8, 4) is 0 Å². The van der Waals surface area contributed by atoms with Gasteiger partial charge in [-0.05, 0) is 30.0 Å². The van der Waals surface area contributed by atoms with Crippen LogP contribution in [0.4, 0.5) is 5.69 Å². The lowest BCUT2D eigenvalue weighted by molar-refractivity contribution is -0.111. The summed E-state index contributed by atoms with van der Waals surface area (Å²) in [4.78, 5) is 23.9. The van der Waals surface area contributed by atoms with Crippen LogP contribution in [0.2, 0.25) is 0 Å². The van der Waals surface area contributed by atoms with Crippen molar-refractivity contribution in [3.05, 3.63) is 42.5 Å². The molecule has 1 aromatic rings. The molecule has 4 heteroatoms. The molecule has 4 nitrogen and oxygen atoms in total. The lowest BCUT2D eigenvalue weighted by atomic mass is 9.87. The van der Waals surface area contributed by atoms with Gasteiger partial charge in [0, 0.05) is 6.54 Å². The zero-order valence-corrected chi connectivity index (χ0v) is 14.4. The molecule has 0 fully saturated rings. The standard InChI is InChI=1S/C19H28N2O2/c1-5-7-10-13-19(3,4)14-20-18(23)15-11-8-9-12-16(15)21-17(22)6-2/h6,8-9,11-12H,2,5,7,10,13-14H2,1,3-4H3,(H,20,23)(H,21,22). The molecule has 0 atom stereocenters. The molecule has 1 aromatic carbocycles. The van der Waals surface area contributed by atoms with E-state index in [1.165, 1.54) is 25.3 Å². The van der Waals surface area contributed by atoms with Crippen LogP contribution in [0.15, 0.2) is 36.9 Å². The summed E-state index contributed by atoms with van der Waals surface area (Å²) in [5, 5.41) is 5.64. The highest BCUT2D eigenvalue weighted by Crippen LogP contribution is 2.23. The van der Waals surface area contributed by atoms with E-state index in [0.29, 0.717) is 17.8 Å². The Morgan fingerprint density at radius 2 is 1.91 bits per heavy atom. The highest BCUT2D eigenvalue weighted by Gasteiger charge is 2.20. The normalized spacial score (nSPS) is 10.9. The van der Waals surface area contributed by atoms with Crippen LogP contribution < -0.4 is 10.6 Å². The Balaban J connectivity index is 2.67. The lowest BCUT2D eigenvalue weighted by Crippen LogP contribution is -2.34. The SMILES string of the molecule is C=CC(=O)Nc1ccccc1C(=O)NCC(C)(C)CCCCC. The van der Waals surface area contributed by atoms with Gasteiger partial charge in [0.15, 0.2) is 0 Å². The number of anilines is 1. The number of carbonyl (C=O) groups is 2. The van der Waals surface area contributed by atoms with E-state index in [2.05, 4.69) is 38.0 Å². The molecule has 2 N–H and O–H groups in total. The van der Waals surface area contributed by atoms with Crippen LogP contribution in [0, 0.1) is 5.41 Å². The highest BCUT2D eigenvalue weighted by atomic mass is 16.2. The van der Waals surface area contributed by atoms with E-state index in [4.69, 9.17) is 0 Å². The molecule has 0 saturated heterocycles. The summed E-state index contributed by atoms with van der Waals surface area (Å²) in [7, 11) is 0. The molecule has 0 spiro atoms. The van der Waals surface area contributed by atoms with Crippen molar-refractivity contribution >= 4 is 17.5 Å². The summed E-state index contributed by atoms with van der Waals surface area (Å²) in [5.74, 6) is -0.501. The maximum absolute atomic E-state index is 12.4. The predicted molar refractivity (Wildman–Crippen MR) is 95.5 cm³/mol. The molecule has 0 bridgehead atoms. The molecule has 126 valence electrons. The first kappa shape index (κ1) is 18.9. The van der Waals surface area contributed by atoms with Crippen molar-refractivity contribution in [2.75, 3.05) is 11.9 Å². The average molecular weight is 316 g/mol. The third-order valence-corrected chi connectivity index (χ3v) is 3.80. The minimum atomic E-state index is -0.329. The minimum Gasteiger partial charge on any atom is -0.351 e. The van der Waals surface area contributed by atoms with Gasteiger partial charge in [0.05, 0.1) is 11.3 Å². The molecule has 0 saturated carbocycles. The Hall–Kier alpha value is -2.10. The fourth-order valence-electron chi connectivity index (χ4n) is 2.33. The molecule has 0 aromatic heterocycles. The summed E-state index contributed by atoms with van der Waals surface area (Å²) in [6.45, 7) is 10.5. The van der Waals surface area contributed by atoms with Gasteiger partial charge in [-0.25, -0.2) is 0 Å². The van der Waals surface area contributed by atoms with Crippen LogP contribution in [0.1, 0.15) is 56.8 Å². The first-order chi connectivity index (χ1) is 10.9. The van der Waals surface area contributed by atoms with Crippen LogP contribution >= 0.6 is 0 Å². The number of rotatable bonds is 9. The van der Waals surface area contributed by atoms with Crippen LogP contribution in [0.3, 0.4) is 0 Å². The Kier molecular flexibility index (Phi) is 7.52.